The summed E-state index contributed by atoms with van der Waals surface area (Å²) < 4.78 is 16.2. The number of fused-ring (bicyclic) bond motifs is 1. The summed E-state index contributed by atoms with van der Waals surface area (Å²) in [6.07, 6.45) is 3.36. The van der Waals surface area contributed by atoms with Crippen LogP contribution in [-0.4, -0.2) is 35.1 Å². The lowest BCUT2D eigenvalue weighted by Crippen LogP contribution is -2.05. The van der Waals surface area contributed by atoms with Gasteiger partial charge in [-0.05, 0) is 36.4 Å². The normalized spacial score (nSPS) is 10.6. The molecule has 0 aliphatic carbocycles. The van der Waals surface area contributed by atoms with Gasteiger partial charge in [0.05, 0.1) is 25.1 Å². The van der Waals surface area contributed by atoms with Crippen molar-refractivity contribution in [3.63, 3.8) is 0 Å². The predicted octanol–water partition coefficient (Wildman–Crippen LogP) is 4.28. The molecule has 7 heteroatoms. The van der Waals surface area contributed by atoms with E-state index >= 15 is 0 Å². The van der Waals surface area contributed by atoms with Crippen molar-refractivity contribution in [1.29, 1.82) is 0 Å². The van der Waals surface area contributed by atoms with E-state index in [1.54, 1.807) is 30.6 Å². The first-order valence-corrected chi connectivity index (χ1v) is 8.81. The highest BCUT2D eigenvalue weighted by atomic mass is 16.5. The lowest BCUT2D eigenvalue weighted by Gasteiger charge is -2.13. The zero-order valence-corrected chi connectivity index (χ0v) is 15.8. The van der Waals surface area contributed by atoms with Crippen molar-refractivity contribution in [1.82, 2.24) is 15.0 Å². The molecule has 0 bridgehead atoms. The third-order valence-corrected chi connectivity index (χ3v) is 4.29. The first-order chi connectivity index (χ1) is 14.2. The summed E-state index contributed by atoms with van der Waals surface area (Å²) in [4.78, 5) is 25.5. The van der Waals surface area contributed by atoms with Gasteiger partial charge in [-0.2, -0.15) is 4.98 Å². The average Bonchev–Trinajstić information content (AvgIpc) is 2.79. The molecule has 4 rings (SSSR count). The predicted molar refractivity (Wildman–Crippen MR) is 107 cm³/mol. The molecule has 2 aromatic carbocycles. The number of para-hydroxylation sites is 1. The van der Waals surface area contributed by atoms with Gasteiger partial charge in [-0.1, -0.05) is 12.1 Å². The smallest absolute Gasteiger partial charge is 0.341 e. The van der Waals surface area contributed by atoms with Gasteiger partial charge < -0.3 is 14.2 Å². The number of ether oxygens (including phenoxy) is 3. The number of carbonyl (C=O) groups is 1. The van der Waals surface area contributed by atoms with E-state index in [-0.39, 0.29) is 11.3 Å². The maximum atomic E-state index is 12.2. The van der Waals surface area contributed by atoms with Gasteiger partial charge in [0.1, 0.15) is 17.1 Å². The Morgan fingerprint density at radius 2 is 1.83 bits per heavy atom. The molecule has 0 unspecified atom stereocenters. The lowest BCUT2D eigenvalue weighted by atomic mass is 10.2. The minimum atomic E-state index is -0.520. The Hall–Kier alpha value is -4.00. The zero-order chi connectivity index (χ0) is 20.2. The van der Waals surface area contributed by atoms with Gasteiger partial charge in [-0.15, -0.1) is 0 Å². The van der Waals surface area contributed by atoms with Crippen LogP contribution in [-0.2, 0) is 4.74 Å². The molecule has 0 saturated heterocycles. The van der Waals surface area contributed by atoms with Gasteiger partial charge in [0.2, 0.25) is 5.88 Å². The van der Waals surface area contributed by atoms with Crippen LogP contribution in [0.3, 0.4) is 0 Å². The van der Waals surface area contributed by atoms with Crippen LogP contribution in [0.5, 0.6) is 17.4 Å². The summed E-state index contributed by atoms with van der Waals surface area (Å²) in [7, 11) is 2.86. The first-order valence-electron chi connectivity index (χ1n) is 8.81. The molecule has 0 radical (unpaired) electrons. The molecule has 0 spiro atoms. The van der Waals surface area contributed by atoms with Crippen LogP contribution in [0.4, 0.5) is 0 Å². The number of carbonyl (C=O) groups excluding carboxylic acids is 1. The topological polar surface area (TPSA) is 83.4 Å². The molecule has 4 aromatic rings. The van der Waals surface area contributed by atoms with E-state index in [4.69, 9.17) is 14.2 Å². The number of rotatable bonds is 5. The van der Waals surface area contributed by atoms with Crippen LogP contribution >= 0.6 is 0 Å². The van der Waals surface area contributed by atoms with E-state index < -0.39 is 5.97 Å². The third kappa shape index (κ3) is 3.70. The maximum absolute atomic E-state index is 12.2. The fraction of sp³-hybridized carbons (Fsp3) is 0.0909. The van der Waals surface area contributed by atoms with Crippen molar-refractivity contribution in [2.75, 3.05) is 14.2 Å². The van der Waals surface area contributed by atoms with Gasteiger partial charge in [0, 0.05) is 24.0 Å². The molecular weight excluding hydrogens is 370 g/mol. The Morgan fingerprint density at radius 1 is 0.966 bits per heavy atom. The van der Waals surface area contributed by atoms with E-state index in [1.165, 1.54) is 14.2 Å². The van der Waals surface area contributed by atoms with Crippen LogP contribution in [0.25, 0.3) is 22.3 Å². The fourth-order valence-corrected chi connectivity index (χ4v) is 2.85. The van der Waals surface area contributed by atoms with Crippen molar-refractivity contribution < 1.29 is 19.0 Å². The number of benzene rings is 2. The van der Waals surface area contributed by atoms with Crippen molar-refractivity contribution in [3.05, 3.63) is 72.6 Å². The quantitative estimate of drug-likeness (QED) is 0.473. The number of hydrogen-bond donors (Lipinski definition) is 0. The van der Waals surface area contributed by atoms with Crippen molar-refractivity contribution in [2.45, 2.75) is 0 Å². The summed E-state index contributed by atoms with van der Waals surface area (Å²) in [5, 5.41) is 0.707. The van der Waals surface area contributed by atoms with Crippen molar-refractivity contribution in [3.8, 4) is 28.8 Å². The van der Waals surface area contributed by atoms with Crippen LogP contribution in [0, 0.1) is 0 Å². The van der Waals surface area contributed by atoms with Crippen LogP contribution < -0.4 is 9.47 Å². The molecule has 144 valence electrons. The maximum Gasteiger partial charge on any atom is 0.341 e. The second-order valence-electron chi connectivity index (χ2n) is 6.07. The molecule has 29 heavy (non-hydrogen) atoms. The van der Waals surface area contributed by atoms with Gasteiger partial charge in [-0.25, -0.2) is 9.78 Å². The minimum absolute atomic E-state index is 0.263. The molecule has 7 nitrogen and oxygen atoms in total. The van der Waals surface area contributed by atoms with Crippen molar-refractivity contribution >= 4 is 16.9 Å². The van der Waals surface area contributed by atoms with Gasteiger partial charge in [-0.3, -0.25) is 4.98 Å². The zero-order valence-electron chi connectivity index (χ0n) is 15.8. The van der Waals surface area contributed by atoms with E-state index in [9.17, 15) is 4.79 Å². The van der Waals surface area contributed by atoms with E-state index in [0.717, 1.165) is 5.56 Å². The summed E-state index contributed by atoms with van der Waals surface area (Å²) in [5.41, 5.74) is 1.72. The lowest BCUT2D eigenvalue weighted by molar-refractivity contribution is 0.0598. The highest BCUT2D eigenvalue weighted by Crippen LogP contribution is 2.33. The number of nitrogens with zero attached hydrogens (tertiary/aromatic N) is 3. The summed E-state index contributed by atoms with van der Waals surface area (Å²) in [6.45, 7) is 0. The molecule has 0 saturated carbocycles. The van der Waals surface area contributed by atoms with Gasteiger partial charge in [0.25, 0.3) is 0 Å². The summed E-state index contributed by atoms with van der Waals surface area (Å²) in [5.74, 6) is 1.08. The average molecular weight is 387 g/mol. The minimum Gasteiger partial charge on any atom is -0.497 e. The Kier molecular flexibility index (Phi) is 5.03. The molecule has 0 fully saturated rings. The number of esters is 1. The first kappa shape index (κ1) is 18.4. The fourth-order valence-electron chi connectivity index (χ4n) is 2.85. The molecule has 0 amide bonds. The summed E-state index contributed by atoms with van der Waals surface area (Å²) in [6, 6.07) is 16.0. The van der Waals surface area contributed by atoms with E-state index in [2.05, 4.69) is 15.0 Å². The molecule has 0 aliphatic heterocycles. The Labute approximate surface area is 166 Å². The number of pyridine rings is 1. The Bertz CT molecular complexity index is 1180. The van der Waals surface area contributed by atoms with E-state index in [1.807, 2.05) is 36.4 Å². The molecule has 0 N–H and O–H groups in total. The van der Waals surface area contributed by atoms with Gasteiger partial charge in [0.15, 0.2) is 5.82 Å². The van der Waals surface area contributed by atoms with Crippen LogP contribution in [0.15, 0.2) is 67.0 Å². The highest BCUT2D eigenvalue weighted by molar-refractivity contribution is 5.93. The Morgan fingerprint density at radius 3 is 2.59 bits per heavy atom. The summed E-state index contributed by atoms with van der Waals surface area (Å²) >= 11 is 0. The third-order valence-electron chi connectivity index (χ3n) is 4.29. The monoisotopic (exact) mass is 387 g/mol. The highest BCUT2D eigenvalue weighted by Gasteiger charge is 2.18. The molecule has 2 aromatic heterocycles. The Balaban J connectivity index is 1.87. The van der Waals surface area contributed by atoms with Gasteiger partial charge >= 0.3 is 5.97 Å². The largest absolute Gasteiger partial charge is 0.497 e. The van der Waals surface area contributed by atoms with E-state index in [0.29, 0.717) is 28.4 Å². The van der Waals surface area contributed by atoms with Crippen LogP contribution in [0.2, 0.25) is 0 Å². The standard InChI is InChI=1S/C22H17N3O4/c1-27-15-9-10-17(22(26)28-2)19(12-15)29-21-16-7-3-4-8-18(16)24-20(25-21)14-6-5-11-23-13-14/h3-13H,1-2H3. The SMILES string of the molecule is COC(=O)c1ccc(OC)cc1Oc1nc(-c2cccnc2)nc2ccccc12. The van der Waals surface area contributed by atoms with Crippen molar-refractivity contribution in [2.24, 2.45) is 0 Å². The molecule has 0 atom stereocenters. The second kappa shape index (κ2) is 7.93. The number of aromatic nitrogens is 3. The molecular formula is C22H17N3O4. The molecule has 0 aliphatic rings. The molecule has 2 heterocycles. The second-order valence-corrected chi connectivity index (χ2v) is 6.07. The number of methoxy groups -OCH3 is 2. The van der Waals surface area contributed by atoms with Crippen LogP contribution in [0.1, 0.15) is 10.4 Å². The number of hydrogen-bond acceptors (Lipinski definition) is 7.